The summed E-state index contributed by atoms with van der Waals surface area (Å²) in [5.41, 5.74) is 3.59. The molecule has 0 fully saturated rings. The second-order valence-electron chi connectivity index (χ2n) is 4.20. The van der Waals surface area contributed by atoms with Crippen molar-refractivity contribution >= 4 is 15.9 Å². The van der Waals surface area contributed by atoms with E-state index in [-0.39, 0.29) is 10.0 Å². The lowest BCUT2D eigenvalue weighted by Crippen LogP contribution is -2.30. The van der Waals surface area contributed by atoms with Crippen molar-refractivity contribution in [1.82, 2.24) is 15.2 Å². The molecule has 1 aromatic heterocycles. The molecule has 0 amide bonds. The van der Waals surface area contributed by atoms with Crippen LogP contribution in [0.4, 0.5) is 8.78 Å². The number of benzene rings is 1. The molecular formula is C12H13BrF2N4. The van der Waals surface area contributed by atoms with Crippen LogP contribution in [0.1, 0.15) is 22.9 Å². The van der Waals surface area contributed by atoms with Crippen LogP contribution in [0.25, 0.3) is 0 Å². The van der Waals surface area contributed by atoms with E-state index >= 15 is 0 Å². The van der Waals surface area contributed by atoms with E-state index in [1.807, 2.05) is 0 Å². The summed E-state index contributed by atoms with van der Waals surface area (Å²) in [5.74, 6) is 4.13. The summed E-state index contributed by atoms with van der Waals surface area (Å²) in [6.07, 6.45) is 1.68. The molecule has 0 saturated heterocycles. The van der Waals surface area contributed by atoms with Crippen LogP contribution in [0.15, 0.2) is 22.8 Å². The zero-order chi connectivity index (χ0) is 14.2. The molecule has 19 heavy (non-hydrogen) atoms. The highest BCUT2D eigenvalue weighted by molar-refractivity contribution is 9.10. The normalized spacial score (nSPS) is 12.7. The van der Waals surface area contributed by atoms with E-state index in [0.29, 0.717) is 11.3 Å². The van der Waals surface area contributed by atoms with Gasteiger partial charge in [-0.15, -0.1) is 0 Å². The lowest BCUT2D eigenvalue weighted by Gasteiger charge is -2.18. The lowest BCUT2D eigenvalue weighted by molar-refractivity contribution is 0.506. The first-order chi connectivity index (χ1) is 8.95. The minimum atomic E-state index is -0.800. The number of hydrazine groups is 1. The number of nitrogens with zero attached hydrogens (tertiary/aromatic N) is 2. The van der Waals surface area contributed by atoms with Crippen molar-refractivity contribution in [2.45, 2.75) is 13.0 Å². The molecule has 2 rings (SSSR count). The molecule has 0 spiro atoms. The van der Waals surface area contributed by atoms with Crippen molar-refractivity contribution in [3.63, 3.8) is 0 Å². The summed E-state index contributed by atoms with van der Waals surface area (Å²) in [6.45, 7) is 1.76. The fourth-order valence-electron chi connectivity index (χ4n) is 2.04. The van der Waals surface area contributed by atoms with Crippen LogP contribution in [0.5, 0.6) is 0 Å². The number of aromatic nitrogens is 2. The number of halogens is 3. The predicted octanol–water partition coefficient (Wildman–Crippen LogP) is 2.32. The number of hydrogen-bond donors (Lipinski definition) is 2. The van der Waals surface area contributed by atoms with E-state index in [9.17, 15) is 8.78 Å². The first kappa shape index (κ1) is 14.1. The van der Waals surface area contributed by atoms with Gasteiger partial charge in [0.2, 0.25) is 0 Å². The summed E-state index contributed by atoms with van der Waals surface area (Å²) in [5, 5.41) is 4.15. The maximum absolute atomic E-state index is 14.1. The highest BCUT2D eigenvalue weighted by Gasteiger charge is 2.25. The lowest BCUT2D eigenvalue weighted by atomic mass is 9.99. The highest BCUT2D eigenvalue weighted by Crippen LogP contribution is 2.31. The monoisotopic (exact) mass is 330 g/mol. The smallest absolute Gasteiger partial charge is 0.145 e. The average molecular weight is 331 g/mol. The molecule has 0 aliphatic heterocycles. The van der Waals surface area contributed by atoms with Gasteiger partial charge in [0.1, 0.15) is 11.6 Å². The Kier molecular flexibility index (Phi) is 3.98. The molecule has 3 N–H and O–H groups in total. The van der Waals surface area contributed by atoms with E-state index in [2.05, 4.69) is 26.5 Å². The molecule has 0 radical (unpaired) electrons. The molecule has 102 valence electrons. The summed E-state index contributed by atoms with van der Waals surface area (Å²) in [6, 6.07) is 1.71. The van der Waals surface area contributed by atoms with E-state index in [4.69, 9.17) is 5.84 Å². The molecular weight excluding hydrogens is 318 g/mol. The Morgan fingerprint density at radius 3 is 2.63 bits per heavy atom. The van der Waals surface area contributed by atoms with Gasteiger partial charge < -0.3 is 0 Å². The number of aryl methyl sites for hydroxylation is 2. The third kappa shape index (κ3) is 2.54. The minimum Gasteiger partial charge on any atom is -0.275 e. The maximum Gasteiger partial charge on any atom is 0.145 e. The Morgan fingerprint density at radius 2 is 2.11 bits per heavy atom. The Balaban J connectivity index is 2.61. The Labute approximate surface area is 117 Å². The van der Waals surface area contributed by atoms with Crippen LogP contribution in [0.3, 0.4) is 0 Å². The van der Waals surface area contributed by atoms with Gasteiger partial charge in [-0.1, -0.05) is 0 Å². The van der Waals surface area contributed by atoms with Gasteiger partial charge in [-0.3, -0.25) is 10.5 Å². The summed E-state index contributed by atoms with van der Waals surface area (Å²) < 4.78 is 29.8. The van der Waals surface area contributed by atoms with Crippen LogP contribution >= 0.6 is 15.9 Å². The average Bonchev–Trinajstić information content (AvgIpc) is 2.69. The Bertz CT molecular complexity index is 612. The molecule has 1 atom stereocenters. The number of hydrogen-bond acceptors (Lipinski definition) is 3. The zero-order valence-electron chi connectivity index (χ0n) is 10.4. The molecule has 7 heteroatoms. The van der Waals surface area contributed by atoms with Crippen molar-refractivity contribution in [3.8, 4) is 0 Å². The standard InChI is InChI=1S/C12H13BrF2N4/c1-6-7(5-19(2)18-6)12(17-16)10-9(14)4-3-8(13)11(10)15/h3-5,12,17H,16H2,1-2H3. The second kappa shape index (κ2) is 5.36. The van der Waals surface area contributed by atoms with Crippen LogP contribution in [-0.2, 0) is 7.05 Å². The molecule has 0 aliphatic carbocycles. The van der Waals surface area contributed by atoms with Gasteiger partial charge >= 0.3 is 0 Å². The Hall–Kier alpha value is -1.31. The van der Waals surface area contributed by atoms with Crippen LogP contribution in [0.2, 0.25) is 0 Å². The summed E-state index contributed by atoms with van der Waals surface area (Å²) >= 11 is 3.04. The van der Waals surface area contributed by atoms with Gasteiger partial charge in [0.25, 0.3) is 0 Å². The predicted molar refractivity (Wildman–Crippen MR) is 71.2 cm³/mol. The van der Waals surface area contributed by atoms with E-state index in [1.165, 1.54) is 12.1 Å². The van der Waals surface area contributed by atoms with Crippen molar-refractivity contribution in [3.05, 3.63) is 51.3 Å². The molecule has 1 heterocycles. The number of nitrogens with one attached hydrogen (secondary N) is 1. The molecule has 0 bridgehead atoms. The van der Waals surface area contributed by atoms with Gasteiger partial charge in [-0.25, -0.2) is 14.2 Å². The third-order valence-electron chi connectivity index (χ3n) is 2.90. The fraction of sp³-hybridized carbons (Fsp3) is 0.250. The topological polar surface area (TPSA) is 55.9 Å². The molecule has 0 saturated carbocycles. The van der Waals surface area contributed by atoms with Gasteiger partial charge in [0.15, 0.2) is 0 Å². The van der Waals surface area contributed by atoms with Crippen LogP contribution in [-0.4, -0.2) is 9.78 Å². The Morgan fingerprint density at radius 1 is 1.42 bits per heavy atom. The summed E-state index contributed by atoms with van der Waals surface area (Å²) in [4.78, 5) is 0. The van der Waals surface area contributed by atoms with Crippen LogP contribution in [0, 0.1) is 18.6 Å². The molecule has 4 nitrogen and oxygen atoms in total. The number of rotatable bonds is 3. The van der Waals surface area contributed by atoms with E-state index < -0.39 is 17.7 Å². The van der Waals surface area contributed by atoms with Crippen molar-refractivity contribution in [2.75, 3.05) is 0 Å². The van der Waals surface area contributed by atoms with E-state index in [0.717, 1.165) is 0 Å². The van der Waals surface area contributed by atoms with Gasteiger partial charge in [-0.05, 0) is 35.0 Å². The van der Waals surface area contributed by atoms with Crippen molar-refractivity contribution in [2.24, 2.45) is 12.9 Å². The highest BCUT2D eigenvalue weighted by atomic mass is 79.9. The molecule has 1 unspecified atom stereocenters. The van der Waals surface area contributed by atoms with Gasteiger partial charge in [0, 0.05) is 24.4 Å². The fourth-order valence-corrected chi connectivity index (χ4v) is 2.38. The van der Waals surface area contributed by atoms with Gasteiger partial charge in [0.05, 0.1) is 16.2 Å². The van der Waals surface area contributed by atoms with E-state index in [1.54, 1.807) is 24.9 Å². The first-order valence-electron chi connectivity index (χ1n) is 5.55. The second-order valence-corrected chi connectivity index (χ2v) is 5.05. The molecule has 1 aromatic carbocycles. The largest absolute Gasteiger partial charge is 0.275 e. The van der Waals surface area contributed by atoms with Gasteiger partial charge in [-0.2, -0.15) is 5.10 Å². The van der Waals surface area contributed by atoms with Crippen molar-refractivity contribution in [1.29, 1.82) is 0 Å². The van der Waals surface area contributed by atoms with Crippen LogP contribution < -0.4 is 11.3 Å². The maximum atomic E-state index is 14.1. The zero-order valence-corrected chi connectivity index (χ0v) is 12.0. The van der Waals surface area contributed by atoms with Crippen molar-refractivity contribution < 1.29 is 8.78 Å². The minimum absolute atomic E-state index is 0.132. The molecule has 2 aromatic rings. The quantitative estimate of drug-likeness (QED) is 0.516. The summed E-state index contributed by atoms with van der Waals surface area (Å²) in [7, 11) is 1.73. The third-order valence-corrected chi connectivity index (χ3v) is 3.51. The SMILES string of the molecule is Cc1nn(C)cc1C(NN)c1c(F)ccc(Br)c1F. The first-order valence-corrected chi connectivity index (χ1v) is 6.34. The number of nitrogens with two attached hydrogens (primary N) is 1. The molecule has 0 aliphatic rings.